The van der Waals surface area contributed by atoms with Gasteiger partial charge in [0, 0.05) is 0 Å². The van der Waals surface area contributed by atoms with Crippen LogP contribution in [0.25, 0.3) is 0 Å². The maximum absolute atomic E-state index is 12.8. The first-order valence-electron chi connectivity index (χ1n) is 4.15. The van der Waals surface area contributed by atoms with Crippen LogP contribution in [0.1, 0.15) is 11.6 Å². The Balaban J connectivity index is 2.33. The standard InChI is InChI=1S/C9H6F3NO2/c10-5-1-4(2-6(11)8(5)12)7-3-15-9(14)13-7/h1-2,7H,3H2,(H,13,14)/t7-/m1/s1. The van der Waals surface area contributed by atoms with E-state index in [2.05, 4.69) is 10.1 Å². The van der Waals surface area contributed by atoms with Gasteiger partial charge in [-0.05, 0) is 17.7 Å². The average Bonchev–Trinajstić information content (AvgIpc) is 2.60. The van der Waals surface area contributed by atoms with Crippen molar-refractivity contribution in [2.24, 2.45) is 0 Å². The third-order valence-electron chi connectivity index (χ3n) is 2.08. The molecule has 1 heterocycles. The van der Waals surface area contributed by atoms with Gasteiger partial charge >= 0.3 is 6.09 Å². The van der Waals surface area contributed by atoms with Gasteiger partial charge in [0.25, 0.3) is 0 Å². The molecule has 0 spiro atoms. The molecule has 1 fully saturated rings. The van der Waals surface area contributed by atoms with Crippen LogP contribution in [0, 0.1) is 17.5 Å². The van der Waals surface area contributed by atoms with Gasteiger partial charge in [0.1, 0.15) is 6.61 Å². The summed E-state index contributed by atoms with van der Waals surface area (Å²) in [6.45, 7) is -0.0245. The Bertz CT molecular complexity index is 399. The topological polar surface area (TPSA) is 38.3 Å². The van der Waals surface area contributed by atoms with Crippen molar-refractivity contribution < 1.29 is 22.7 Å². The number of hydrogen-bond donors (Lipinski definition) is 1. The number of rotatable bonds is 1. The van der Waals surface area contributed by atoms with Crippen LogP contribution in [-0.4, -0.2) is 12.7 Å². The van der Waals surface area contributed by atoms with Gasteiger partial charge in [-0.3, -0.25) is 0 Å². The van der Waals surface area contributed by atoms with Crippen molar-refractivity contribution in [3.8, 4) is 0 Å². The van der Waals surface area contributed by atoms with Crippen molar-refractivity contribution in [2.45, 2.75) is 6.04 Å². The summed E-state index contributed by atoms with van der Waals surface area (Å²) < 4.78 is 42.8. The van der Waals surface area contributed by atoms with Crippen LogP contribution >= 0.6 is 0 Å². The van der Waals surface area contributed by atoms with Gasteiger partial charge in [0.05, 0.1) is 6.04 Å². The molecular formula is C9H6F3NO2. The van der Waals surface area contributed by atoms with Crippen LogP contribution in [0.2, 0.25) is 0 Å². The molecule has 15 heavy (non-hydrogen) atoms. The van der Waals surface area contributed by atoms with Crippen LogP contribution < -0.4 is 5.32 Å². The fraction of sp³-hybridized carbons (Fsp3) is 0.222. The molecule has 1 aliphatic heterocycles. The molecule has 3 nitrogen and oxygen atoms in total. The first-order valence-corrected chi connectivity index (χ1v) is 4.15. The van der Waals surface area contributed by atoms with E-state index < -0.39 is 29.6 Å². The Morgan fingerprint density at radius 2 is 1.87 bits per heavy atom. The number of amides is 1. The number of ether oxygens (including phenoxy) is 1. The Morgan fingerprint density at radius 1 is 1.27 bits per heavy atom. The molecule has 0 bridgehead atoms. The van der Waals surface area contributed by atoms with Gasteiger partial charge in [-0.1, -0.05) is 0 Å². The van der Waals surface area contributed by atoms with Crippen LogP contribution in [0.4, 0.5) is 18.0 Å². The predicted octanol–water partition coefficient (Wildman–Crippen LogP) is 1.88. The van der Waals surface area contributed by atoms with Crippen molar-refractivity contribution >= 4 is 6.09 Å². The molecule has 0 aliphatic carbocycles. The van der Waals surface area contributed by atoms with Crippen molar-refractivity contribution in [1.29, 1.82) is 0 Å². The third-order valence-corrected chi connectivity index (χ3v) is 2.08. The molecule has 6 heteroatoms. The second-order valence-corrected chi connectivity index (χ2v) is 3.09. The molecule has 1 aliphatic rings. The highest BCUT2D eigenvalue weighted by Gasteiger charge is 2.25. The highest BCUT2D eigenvalue weighted by molar-refractivity contribution is 5.70. The number of nitrogens with one attached hydrogen (secondary N) is 1. The first kappa shape index (κ1) is 9.82. The van der Waals surface area contributed by atoms with Crippen molar-refractivity contribution in [3.63, 3.8) is 0 Å². The van der Waals surface area contributed by atoms with Crippen LogP contribution in [0.15, 0.2) is 12.1 Å². The Morgan fingerprint density at radius 3 is 2.33 bits per heavy atom. The van der Waals surface area contributed by atoms with E-state index in [0.717, 1.165) is 12.1 Å². The summed E-state index contributed by atoms with van der Waals surface area (Å²) >= 11 is 0. The van der Waals surface area contributed by atoms with Gasteiger partial charge in [0.15, 0.2) is 17.5 Å². The maximum Gasteiger partial charge on any atom is 0.407 e. The molecule has 1 saturated heterocycles. The Hall–Kier alpha value is -1.72. The molecule has 0 saturated carbocycles. The van der Waals surface area contributed by atoms with E-state index in [4.69, 9.17) is 0 Å². The third kappa shape index (κ3) is 1.74. The zero-order valence-electron chi connectivity index (χ0n) is 7.39. The lowest BCUT2D eigenvalue weighted by molar-refractivity contribution is 0.177. The number of hydrogen-bond acceptors (Lipinski definition) is 2. The summed E-state index contributed by atoms with van der Waals surface area (Å²) in [5.74, 6) is -4.10. The minimum absolute atomic E-state index is 0.0245. The Kier molecular flexibility index (Phi) is 2.26. The lowest BCUT2D eigenvalue weighted by Crippen LogP contribution is -2.18. The molecular weight excluding hydrogens is 211 g/mol. The highest BCUT2D eigenvalue weighted by atomic mass is 19.2. The number of cyclic esters (lactones) is 1. The minimum atomic E-state index is -1.52. The smallest absolute Gasteiger partial charge is 0.407 e. The lowest BCUT2D eigenvalue weighted by Gasteiger charge is -2.08. The van der Waals surface area contributed by atoms with E-state index in [-0.39, 0.29) is 12.2 Å². The number of carbonyl (C=O) groups is 1. The summed E-state index contributed by atoms with van der Waals surface area (Å²) in [4.78, 5) is 10.7. The molecule has 1 aromatic rings. The Labute approximate surface area is 82.8 Å². The number of alkyl carbamates (subject to hydrolysis) is 1. The van der Waals surface area contributed by atoms with E-state index in [0.29, 0.717) is 0 Å². The molecule has 1 amide bonds. The van der Waals surface area contributed by atoms with Crippen molar-refractivity contribution in [1.82, 2.24) is 5.32 Å². The minimum Gasteiger partial charge on any atom is -0.447 e. The van der Waals surface area contributed by atoms with Gasteiger partial charge < -0.3 is 10.1 Å². The SMILES string of the molecule is O=C1N[C@@H](c2cc(F)c(F)c(F)c2)CO1. The van der Waals surface area contributed by atoms with E-state index in [1.165, 1.54) is 0 Å². The molecule has 0 unspecified atom stereocenters. The number of carbonyl (C=O) groups excluding carboxylic acids is 1. The molecule has 80 valence electrons. The summed E-state index contributed by atoms with van der Waals surface area (Å²) in [5.41, 5.74) is 0.136. The fourth-order valence-electron chi connectivity index (χ4n) is 1.34. The molecule has 0 aromatic heterocycles. The van der Waals surface area contributed by atoms with E-state index in [9.17, 15) is 18.0 Å². The van der Waals surface area contributed by atoms with Gasteiger partial charge in [-0.2, -0.15) is 0 Å². The van der Waals surface area contributed by atoms with Crippen molar-refractivity contribution in [3.05, 3.63) is 35.1 Å². The lowest BCUT2D eigenvalue weighted by atomic mass is 10.1. The quantitative estimate of drug-likeness (QED) is 0.729. The summed E-state index contributed by atoms with van der Waals surface area (Å²) in [5, 5.41) is 2.33. The monoisotopic (exact) mass is 217 g/mol. The van der Waals surface area contributed by atoms with Crippen molar-refractivity contribution in [2.75, 3.05) is 6.61 Å². The fourth-order valence-corrected chi connectivity index (χ4v) is 1.34. The second-order valence-electron chi connectivity index (χ2n) is 3.09. The zero-order chi connectivity index (χ0) is 11.0. The van der Waals surface area contributed by atoms with Gasteiger partial charge in [-0.15, -0.1) is 0 Å². The van der Waals surface area contributed by atoms with Crippen LogP contribution in [-0.2, 0) is 4.74 Å². The van der Waals surface area contributed by atoms with E-state index in [1.54, 1.807) is 0 Å². The zero-order valence-corrected chi connectivity index (χ0v) is 7.39. The molecule has 0 radical (unpaired) electrons. The van der Waals surface area contributed by atoms with Crippen LogP contribution in [0.3, 0.4) is 0 Å². The molecule has 1 atom stereocenters. The first-order chi connectivity index (χ1) is 7.08. The van der Waals surface area contributed by atoms with Gasteiger partial charge in [-0.25, -0.2) is 18.0 Å². The number of halogens is 3. The largest absolute Gasteiger partial charge is 0.447 e. The maximum atomic E-state index is 12.8. The molecule has 1 N–H and O–H groups in total. The highest BCUT2D eigenvalue weighted by Crippen LogP contribution is 2.22. The summed E-state index contributed by atoms with van der Waals surface area (Å²) in [6.07, 6.45) is -0.662. The van der Waals surface area contributed by atoms with E-state index >= 15 is 0 Å². The molecule has 1 aromatic carbocycles. The normalized spacial score (nSPS) is 19.9. The predicted molar refractivity (Wildman–Crippen MR) is 43.5 cm³/mol. The average molecular weight is 217 g/mol. The van der Waals surface area contributed by atoms with Gasteiger partial charge in [0.2, 0.25) is 0 Å². The summed E-state index contributed by atoms with van der Waals surface area (Å²) in [6, 6.07) is 1.03. The van der Waals surface area contributed by atoms with Crippen LogP contribution in [0.5, 0.6) is 0 Å². The molecule has 2 rings (SSSR count). The second kappa shape index (κ2) is 3.45. The van der Waals surface area contributed by atoms with E-state index in [1.807, 2.05) is 0 Å². The number of benzene rings is 1. The summed E-state index contributed by atoms with van der Waals surface area (Å²) in [7, 11) is 0.